The lowest BCUT2D eigenvalue weighted by Gasteiger charge is -2.02. The van der Waals surface area contributed by atoms with Gasteiger partial charge in [0, 0.05) is 5.38 Å². The van der Waals surface area contributed by atoms with Gasteiger partial charge >= 0.3 is 5.97 Å². The molecule has 1 heterocycles. The highest BCUT2D eigenvalue weighted by molar-refractivity contribution is 7.90. The number of rotatable bonds is 4. The van der Waals surface area contributed by atoms with E-state index >= 15 is 0 Å². The number of nitrogens with zero attached hydrogens (tertiary/aromatic N) is 1. The summed E-state index contributed by atoms with van der Waals surface area (Å²) in [5, 5.41) is 10.1. The van der Waals surface area contributed by atoms with Crippen molar-refractivity contribution < 1.29 is 18.3 Å². The molecule has 100 valence electrons. The molecule has 0 fully saturated rings. The Morgan fingerprint density at radius 1 is 1.32 bits per heavy atom. The van der Waals surface area contributed by atoms with Crippen molar-refractivity contribution in [3.8, 4) is 0 Å². The molecule has 2 rings (SSSR count). The van der Waals surface area contributed by atoms with Gasteiger partial charge in [0.2, 0.25) is 5.01 Å². The van der Waals surface area contributed by atoms with E-state index in [1.165, 1.54) is 17.5 Å². The molecule has 0 aliphatic heterocycles. The van der Waals surface area contributed by atoms with Crippen LogP contribution in [0.4, 0.5) is 0 Å². The Balaban J connectivity index is 2.25. The highest BCUT2D eigenvalue weighted by Gasteiger charge is 2.18. The van der Waals surface area contributed by atoms with Gasteiger partial charge in [-0.15, -0.1) is 11.3 Å². The van der Waals surface area contributed by atoms with Crippen LogP contribution in [0.1, 0.15) is 21.1 Å². The molecule has 2 aromatic rings. The fourth-order valence-corrected chi connectivity index (χ4v) is 3.51. The summed E-state index contributed by atoms with van der Waals surface area (Å²) in [4.78, 5) is 14.7. The Bertz CT molecular complexity index is 702. The number of carboxylic acid groups (broad SMARTS) is 1. The second-order valence-corrected chi connectivity index (χ2v) is 6.87. The first kappa shape index (κ1) is 13.7. The van der Waals surface area contributed by atoms with E-state index in [1.54, 1.807) is 12.1 Å². The first-order valence-electron chi connectivity index (χ1n) is 5.35. The quantitative estimate of drug-likeness (QED) is 0.934. The van der Waals surface area contributed by atoms with Gasteiger partial charge in [-0.2, -0.15) is 0 Å². The second kappa shape index (κ2) is 5.10. The molecule has 1 aromatic heterocycles. The van der Waals surface area contributed by atoms with Crippen LogP contribution < -0.4 is 0 Å². The summed E-state index contributed by atoms with van der Waals surface area (Å²) in [6.07, 6.45) is 0. The molecule has 0 aliphatic rings. The van der Waals surface area contributed by atoms with Crippen LogP contribution in [-0.2, 0) is 15.6 Å². The topological polar surface area (TPSA) is 84.3 Å². The Morgan fingerprint density at radius 3 is 2.47 bits per heavy atom. The van der Waals surface area contributed by atoms with Gasteiger partial charge in [-0.05, 0) is 19.1 Å². The number of carbonyl (C=O) groups is 1. The van der Waals surface area contributed by atoms with E-state index in [2.05, 4.69) is 4.98 Å². The normalized spacial score (nSPS) is 11.4. The van der Waals surface area contributed by atoms with Crippen molar-refractivity contribution in [3.63, 3.8) is 0 Å². The van der Waals surface area contributed by atoms with Crippen molar-refractivity contribution >= 4 is 27.1 Å². The van der Waals surface area contributed by atoms with E-state index in [9.17, 15) is 13.2 Å². The maximum atomic E-state index is 12.1. The van der Waals surface area contributed by atoms with Gasteiger partial charge in [-0.3, -0.25) is 0 Å². The Kier molecular flexibility index (Phi) is 3.68. The lowest BCUT2D eigenvalue weighted by atomic mass is 10.2. The third kappa shape index (κ3) is 3.18. The van der Waals surface area contributed by atoms with Gasteiger partial charge in [-0.25, -0.2) is 18.2 Å². The van der Waals surface area contributed by atoms with Gasteiger partial charge in [0.05, 0.1) is 16.3 Å². The van der Waals surface area contributed by atoms with E-state index in [0.717, 1.165) is 16.9 Å². The van der Waals surface area contributed by atoms with Crippen LogP contribution in [0.25, 0.3) is 0 Å². The van der Waals surface area contributed by atoms with Gasteiger partial charge in [-0.1, -0.05) is 17.7 Å². The van der Waals surface area contributed by atoms with Crippen molar-refractivity contribution in [2.24, 2.45) is 0 Å². The van der Waals surface area contributed by atoms with Gasteiger partial charge < -0.3 is 5.11 Å². The first-order chi connectivity index (χ1) is 8.88. The lowest BCUT2D eigenvalue weighted by Crippen LogP contribution is -2.06. The maximum Gasteiger partial charge on any atom is 0.365 e. The molecule has 7 heteroatoms. The smallest absolute Gasteiger partial charge is 0.365 e. The predicted molar refractivity (Wildman–Crippen MR) is 71.1 cm³/mol. The Hall–Kier alpha value is -1.73. The van der Waals surface area contributed by atoms with Crippen LogP contribution in [0.5, 0.6) is 0 Å². The maximum absolute atomic E-state index is 12.1. The molecule has 0 atom stereocenters. The molecule has 0 radical (unpaired) electrons. The molecule has 0 bridgehead atoms. The summed E-state index contributed by atoms with van der Waals surface area (Å²) in [7, 11) is -3.49. The van der Waals surface area contributed by atoms with Crippen LogP contribution in [0, 0.1) is 6.92 Å². The molecule has 0 amide bonds. The molecule has 0 saturated carbocycles. The van der Waals surface area contributed by atoms with E-state index in [1.807, 2.05) is 6.92 Å². The third-order valence-electron chi connectivity index (χ3n) is 2.45. The minimum Gasteiger partial charge on any atom is -0.476 e. The molecule has 0 unspecified atom stereocenters. The predicted octanol–water partition coefficient (Wildman–Crippen LogP) is 2.12. The van der Waals surface area contributed by atoms with Crippen LogP contribution in [-0.4, -0.2) is 24.5 Å². The first-order valence-corrected chi connectivity index (χ1v) is 7.89. The summed E-state index contributed by atoms with van der Waals surface area (Å²) in [5.41, 5.74) is 1.23. The summed E-state index contributed by atoms with van der Waals surface area (Å²) >= 11 is 0.921. The molecule has 0 spiro atoms. The number of carboxylic acids is 1. The minimum atomic E-state index is -3.49. The zero-order valence-corrected chi connectivity index (χ0v) is 11.7. The molecular formula is C12H11NO4S2. The third-order valence-corrected chi connectivity index (χ3v) is 5.00. The molecule has 0 aliphatic carbocycles. The molecule has 1 N–H and O–H groups in total. The monoisotopic (exact) mass is 297 g/mol. The van der Waals surface area contributed by atoms with Crippen LogP contribution in [0.15, 0.2) is 34.5 Å². The van der Waals surface area contributed by atoms with Crippen molar-refractivity contribution in [1.29, 1.82) is 0 Å². The fraction of sp³-hybridized carbons (Fsp3) is 0.167. The summed E-state index contributed by atoms with van der Waals surface area (Å²) in [6.45, 7) is 1.87. The van der Waals surface area contributed by atoms with Crippen LogP contribution >= 0.6 is 11.3 Å². The average molecular weight is 297 g/mol. The van der Waals surface area contributed by atoms with E-state index in [-0.39, 0.29) is 21.3 Å². The number of hydrogen-bond donors (Lipinski definition) is 1. The van der Waals surface area contributed by atoms with Gasteiger partial charge in [0.15, 0.2) is 9.84 Å². The summed E-state index contributed by atoms with van der Waals surface area (Å²) in [5.74, 6) is -1.44. The largest absolute Gasteiger partial charge is 0.476 e. The SMILES string of the molecule is Cc1ccc(S(=O)(=O)Cc2csc(C(=O)O)n2)cc1. The van der Waals surface area contributed by atoms with Crippen molar-refractivity contribution in [3.05, 3.63) is 45.9 Å². The fourth-order valence-electron chi connectivity index (χ4n) is 1.50. The summed E-state index contributed by atoms with van der Waals surface area (Å²) in [6, 6.07) is 6.51. The minimum absolute atomic E-state index is 0.103. The van der Waals surface area contributed by atoms with Crippen LogP contribution in [0.3, 0.4) is 0 Å². The van der Waals surface area contributed by atoms with Gasteiger partial charge in [0.1, 0.15) is 0 Å². The van der Waals surface area contributed by atoms with Gasteiger partial charge in [0.25, 0.3) is 0 Å². The Morgan fingerprint density at radius 2 is 1.95 bits per heavy atom. The molecule has 19 heavy (non-hydrogen) atoms. The van der Waals surface area contributed by atoms with Crippen molar-refractivity contribution in [1.82, 2.24) is 4.98 Å². The zero-order chi connectivity index (χ0) is 14.0. The number of thiazole rings is 1. The number of aryl methyl sites for hydroxylation is 1. The number of aromatic nitrogens is 1. The molecule has 1 aromatic carbocycles. The van der Waals surface area contributed by atoms with Crippen molar-refractivity contribution in [2.75, 3.05) is 0 Å². The molecule has 0 saturated heterocycles. The second-order valence-electron chi connectivity index (χ2n) is 4.02. The highest BCUT2D eigenvalue weighted by Crippen LogP contribution is 2.18. The average Bonchev–Trinajstić information content (AvgIpc) is 2.77. The number of aromatic carboxylic acids is 1. The highest BCUT2D eigenvalue weighted by atomic mass is 32.2. The number of hydrogen-bond acceptors (Lipinski definition) is 5. The van der Waals surface area contributed by atoms with E-state index in [4.69, 9.17) is 5.11 Å². The number of benzene rings is 1. The van der Waals surface area contributed by atoms with Crippen LogP contribution in [0.2, 0.25) is 0 Å². The van der Waals surface area contributed by atoms with Crippen molar-refractivity contribution in [2.45, 2.75) is 17.6 Å². The van der Waals surface area contributed by atoms with E-state index < -0.39 is 15.8 Å². The molecular weight excluding hydrogens is 286 g/mol. The standard InChI is InChI=1S/C12H11NO4S2/c1-8-2-4-10(5-3-8)19(16,17)7-9-6-18-11(13-9)12(14)15/h2-6H,7H2,1H3,(H,14,15). The lowest BCUT2D eigenvalue weighted by molar-refractivity contribution is 0.0696. The number of sulfone groups is 1. The zero-order valence-electron chi connectivity index (χ0n) is 10.0. The summed E-state index contributed by atoms with van der Waals surface area (Å²) < 4.78 is 24.2. The van der Waals surface area contributed by atoms with E-state index in [0.29, 0.717) is 0 Å². The molecule has 5 nitrogen and oxygen atoms in total. The Labute approximate surface area is 114 Å².